The van der Waals surface area contributed by atoms with Crippen molar-refractivity contribution < 1.29 is 4.79 Å². The first kappa shape index (κ1) is 17.4. The van der Waals surface area contributed by atoms with E-state index in [9.17, 15) is 9.59 Å². The van der Waals surface area contributed by atoms with E-state index >= 15 is 0 Å². The number of aromatic nitrogens is 1. The summed E-state index contributed by atoms with van der Waals surface area (Å²) < 4.78 is 2.01. The first-order valence-corrected chi connectivity index (χ1v) is 9.91. The Labute approximate surface area is 163 Å². The highest BCUT2D eigenvalue weighted by molar-refractivity contribution is 5.94. The molecular formula is C23H25N3O2. The number of nitrogens with zero attached hydrogens (tertiary/aromatic N) is 2. The summed E-state index contributed by atoms with van der Waals surface area (Å²) in [5, 5.41) is 4.82. The van der Waals surface area contributed by atoms with Crippen molar-refractivity contribution >= 4 is 27.7 Å². The fourth-order valence-corrected chi connectivity index (χ4v) is 5.09. The van der Waals surface area contributed by atoms with E-state index in [0.717, 1.165) is 37.2 Å². The van der Waals surface area contributed by atoms with Crippen molar-refractivity contribution in [3.63, 3.8) is 0 Å². The largest absolute Gasteiger partial charge is 0.340 e. The van der Waals surface area contributed by atoms with Crippen LogP contribution >= 0.6 is 0 Å². The zero-order valence-corrected chi connectivity index (χ0v) is 16.4. The van der Waals surface area contributed by atoms with E-state index in [1.54, 1.807) is 0 Å². The molecule has 1 aromatic heterocycles. The summed E-state index contributed by atoms with van der Waals surface area (Å²) in [6.07, 6.45) is 0. The van der Waals surface area contributed by atoms with Crippen LogP contribution in [0.15, 0.2) is 53.3 Å². The summed E-state index contributed by atoms with van der Waals surface area (Å²) in [5.74, 6) is 0.121. The lowest BCUT2D eigenvalue weighted by atomic mass is 9.71. The number of benzene rings is 2. The molecule has 0 spiro atoms. The highest BCUT2D eigenvalue weighted by Gasteiger charge is 2.55. The van der Waals surface area contributed by atoms with Gasteiger partial charge in [-0.15, -0.1) is 0 Å². The molecule has 1 amide bonds. The van der Waals surface area contributed by atoms with Gasteiger partial charge in [0.25, 0.3) is 0 Å². The van der Waals surface area contributed by atoms with Gasteiger partial charge in [-0.3, -0.25) is 9.59 Å². The van der Waals surface area contributed by atoms with Crippen LogP contribution in [0.25, 0.3) is 21.8 Å². The van der Waals surface area contributed by atoms with Crippen LogP contribution in [-0.4, -0.2) is 41.6 Å². The second kappa shape index (κ2) is 5.92. The van der Waals surface area contributed by atoms with E-state index in [-0.39, 0.29) is 28.7 Å². The Morgan fingerprint density at radius 1 is 0.929 bits per heavy atom. The third kappa shape index (κ3) is 2.35. The van der Waals surface area contributed by atoms with Crippen LogP contribution in [0.2, 0.25) is 0 Å². The van der Waals surface area contributed by atoms with Crippen molar-refractivity contribution in [3.8, 4) is 0 Å². The van der Waals surface area contributed by atoms with Crippen LogP contribution < -0.4 is 10.7 Å². The summed E-state index contributed by atoms with van der Waals surface area (Å²) in [5.41, 5.74) is 1.90. The topological polar surface area (TPSA) is 54.3 Å². The van der Waals surface area contributed by atoms with Crippen molar-refractivity contribution in [3.05, 3.63) is 58.8 Å². The van der Waals surface area contributed by atoms with Crippen LogP contribution in [0.3, 0.4) is 0 Å². The first-order valence-electron chi connectivity index (χ1n) is 9.91. The minimum atomic E-state index is 0.0247. The number of para-hydroxylation sites is 2. The molecule has 28 heavy (non-hydrogen) atoms. The summed E-state index contributed by atoms with van der Waals surface area (Å²) in [7, 11) is 0. The lowest BCUT2D eigenvalue weighted by molar-refractivity contribution is -0.131. The zero-order valence-electron chi connectivity index (χ0n) is 16.4. The van der Waals surface area contributed by atoms with Crippen molar-refractivity contribution in [2.45, 2.75) is 20.4 Å². The molecule has 2 aliphatic rings. The van der Waals surface area contributed by atoms with E-state index in [2.05, 4.69) is 19.2 Å². The molecule has 0 bridgehead atoms. The smallest absolute Gasteiger partial charge is 0.242 e. The normalized spacial score (nSPS) is 26.9. The number of hydrogen-bond acceptors (Lipinski definition) is 3. The molecule has 0 unspecified atom stereocenters. The molecule has 144 valence electrons. The Morgan fingerprint density at radius 2 is 1.43 bits per heavy atom. The Morgan fingerprint density at radius 3 is 1.96 bits per heavy atom. The van der Waals surface area contributed by atoms with Gasteiger partial charge in [0.05, 0.1) is 11.0 Å². The molecule has 2 saturated heterocycles. The highest BCUT2D eigenvalue weighted by atomic mass is 16.2. The average Bonchev–Trinajstić information content (AvgIpc) is 3.12. The Hall–Kier alpha value is -2.66. The van der Waals surface area contributed by atoms with Gasteiger partial charge < -0.3 is 14.8 Å². The Balaban J connectivity index is 1.58. The van der Waals surface area contributed by atoms with Gasteiger partial charge in [-0.1, -0.05) is 38.1 Å². The summed E-state index contributed by atoms with van der Waals surface area (Å²) in [6.45, 7) is 8.29. The standard InChI is InChI=1S/C23H25N3O2/c1-22-12-24-13-23(22,2)15-25(14-22)20(27)11-26-18-9-5-3-7-16(18)21(28)17-8-4-6-10-19(17)26/h3-10,24H,11-15H2,1-2H3/t22-,23+. The zero-order chi connectivity index (χ0) is 19.5. The van der Waals surface area contributed by atoms with Crippen molar-refractivity contribution in [1.82, 2.24) is 14.8 Å². The highest BCUT2D eigenvalue weighted by Crippen LogP contribution is 2.48. The lowest BCUT2D eigenvalue weighted by Gasteiger charge is -2.30. The minimum Gasteiger partial charge on any atom is -0.340 e. The minimum absolute atomic E-state index is 0.0247. The molecule has 5 rings (SSSR count). The summed E-state index contributed by atoms with van der Waals surface area (Å²) in [6, 6.07) is 15.2. The monoisotopic (exact) mass is 375 g/mol. The quantitative estimate of drug-likeness (QED) is 0.701. The van der Waals surface area contributed by atoms with Crippen molar-refractivity contribution in [2.24, 2.45) is 10.8 Å². The number of likely N-dealkylation sites (tertiary alicyclic amines) is 1. The molecule has 5 nitrogen and oxygen atoms in total. The van der Waals surface area contributed by atoms with Crippen molar-refractivity contribution in [1.29, 1.82) is 0 Å². The first-order chi connectivity index (χ1) is 13.4. The SMILES string of the molecule is C[C@@]12CNC[C@]1(C)CN(C(=O)Cn1c3ccccc3c(=O)c3ccccc31)C2. The van der Waals surface area contributed by atoms with Crippen LogP contribution in [0.4, 0.5) is 0 Å². The van der Waals surface area contributed by atoms with E-state index in [0.29, 0.717) is 10.8 Å². The van der Waals surface area contributed by atoms with E-state index < -0.39 is 0 Å². The molecule has 0 saturated carbocycles. The molecule has 2 atom stereocenters. The third-order valence-corrected chi connectivity index (χ3v) is 7.09. The fourth-order valence-electron chi connectivity index (χ4n) is 5.09. The number of hydrogen-bond donors (Lipinski definition) is 1. The molecule has 0 aliphatic carbocycles. The molecular weight excluding hydrogens is 350 g/mol. The molecule has 3 heterocycles. The number of carbonyl (C=O) groups is 1. The van der Waals surface area contributed by atoms with Crippen LogP contribution in [0, 0.1) is 10.8 Å². The van der Waals surface area contributed by atoms with Crippen molar-refractivity contribution in [2.75, 3.05) is 26.2 Å². The average molecular weight is 375 g/mol. The molecule has 1 N–H and O–H groups in total. The second-order valence-electron chi connectivity index (χ2n) is 8.92. The van der Waals surface area contributed by atoms with Gasteiger partial charge >= 0.3 is 0 Å². The van der Waals surface area contributed by atoms with Gasteiger partial charge in [0, 0.05) is 47.8 Å². The molecule has 2 fully saturated rings. The van der Waals surface area contributed by atoms with Crippen LogP contribution in [-0.2, 0) is 11.3 Å². The van der Waals surface area contributed by atoms with Gasteiger partial charge in [-0.25, -0.2) is 0 Å². The summed E-state index contributed by atoms with van der Waals surface area (Å²) >= 11 is 0. The van der Waals surface area contributed by atoms with Gasteiger partial charge in [0.15, 0.2) is 5.43 Å². The predicted molar refractivity (Wildman–Crippen MR) is 111 cm³/mol. The van der Waals surface area contributed by atoms with E-state index in [4.69, 9.17) is 0 Å². The van der Waals surface area contributed by atoms with E-state index in [1.807, 2.05) is 58.0 Å². The summed E-state index contributed by atoms with van der Waals surface area (Å²) in [4.78, 5) is 28.2. The van der Waals surface area contributed by atoms with Gasteiger partial charge in [-0.2, -0.15) is 0 Å². The third-order valence-electron chi connectivity index (χ3n) is 7.09. The number of amides is 1. The number of rotatable bonds is 2. The number of nitrogens with one attached hydrogen (secondary N) is 1. The van der Waals surface area contributed by atoms with Crippen LogP contribution in [0.1, 0.15) is 13.8 Å². The number of carbonyl (C=O) groups excluding carboxylic acids is 1. The molecule has 2 aliphatic heterocycles. The predicted octanol–water partition coefficient (Wildman–Crippen LogP) is 2.61. The maximum atomic E-state index is 13.3. The van der Waals surface area contributed by atoms with Gasteiger partial charge in [0.1, 0.15) is 6.54 Å². The Bertz CT molecular complexity index is 1090. The Kier molecular flexibility index (Phi) is 3.68. The molecule has 3 aromatic rings. The fraction of sp³-hybridized carbons (Fsp3) is 0.391. The molecule has 0 radical (unpaired) electrons. The molecule has 2 aromatic carbocycles. The second-order valence-corrected chi connectivity index (χ2v) is 8.92. The lowest BCUT2D eigenvalue weighted by Crippen LogP contribution is -2.36. The number of pyridine rings is 1. The van der Waals surface area contributed by atoms with Crippen LogP contribution in [0.5, 0.6) is 0 Å². The maximum absolute atomic E-state index is 13.3. The van der Waals surface area contributed by atoms with Gasteiger partial charge in [-0.05, 0) is 24.3 Å². The molecule has 5 heteroatoms. The number of fused-ring (bicyclic) bond motifs is 3. The van der Waals surface area contributed by atoms with E-state index in [1.165, 1.54) is 0 Å². The van der Waals surface area contributed by atoms with Gasteiger partial charge in [0.2, 0.25) is 5.91 Å². The maximum Gasteiger partial charge on any atom is 0.242 e.